The van der Waals surface area contributed by atoms with E-state index >= 15 is 0 Å². The Morgan fingerprint density at radius 3 is 1.53 bits per heavy atom. The van der Waals surface area contributed by atoms with Crippen LogP contribution in [0.25, 0.3) is 0 Å². The molecule has 3 aromatic carbocycles. The number of hydrogen-bond acceptors (Lipinski definition) is 7. The Kier molecular flexibility index (Phi) is 7.34. The summed E-state index contributed by atoms with van der Waals surface area (Å²) >= 11 is 0. The fourth-order valence-electron chi connectivity index (χ4n) is 3.70. The van der Waals surface area contributed by atoms with Gasteiger partial charge in [0.2, 0.25) is 0 Å². The van der Waals surface area contributed by atoms with Crippen molar-refractivity contribution in [3.05, 3.63) is 108 Å². The van der Waals surface area contributed by atoms with E-state index in [1.807, 2.05) is 0 Å². The average molecular weight is 460 g/mol. The Bertz CT molecular complexity index is 1120. The highest BCUT2D eigenvalue weighted by atomic mass is 16.6. The molecule has 0 radical (unpaired) electrons. The van der Waals surface area contributed by atoms with Crippen molar-refractivity contribution in [1.82, 2.24) is 0 Å². The first-order valence-electron chi connectivity index (χ1n) is 10.9. The van der Waals surface area contributed by atoms with E-state index < -0.39 is 42.3 Å². The molecule has 4 unspecified atom stereocenters. The third-order valence-corrected chi connectivity index (χ3v) is 5.44. The number of rotatable bonds is 7. The van der Waals surface area contributed by atoms with Crippen LogP contribution < -0.4 is 0 Å². The molecular formula is C27H24O7. The van der Waals surface area contributed by atoms with Gasteiger partial charge >= 0.3 is 17.9 Å². The third kappa shape index (κ3) is 5.50. The van der Waals surface area contributed by atoms with Gasteiger partial charge in [0.1, 0.15) is 12.7 Å². The fraction of sp³-hybridized carbons (Fsp3) is 0.222. The molecule has 174 valence electrons. The summed E-state index contributed by atoms with van der Waals surface area (Å²) in [5, 5.41) is 0. The largest absolute Gasteiger partial charge is 0.459 e. The normalized spacial score (nSPS) is 21.4. The summed E-state index contributed by atoms with van der Waals surface area (Å²) in [6.07, 6.45) is -3.27. The quantitative estimate of drug-likeness (QED) is 0.388. The number of carbonyl (C=O) groups excluding carboxylic acids is 3. The Hall–Kier alpha value is -3.97. The zero-order valence-electron chi connectivity index (χ0n) is 18.5. The van der Waals surface area contributed by atoms with Gasteiger partial charge in [-0.3, -0.25) is 0 Å². The molecule has 0 aliphatic carbocycles. The average Bonchev–Trinajstić information content (AvgIpc) is 3.17. The summed E-state index contributed by atoms with van der Waals surface area (Å²) in [5.74, 6) is -1.69. The molecule has 0 bridgehead atoms. The number of carbonyl (C=O) groups is 3. The minimum atomic E-state index is -0.973. The van der Waals surface area contributed by atoms with E-state index in [2.05, 4.69) is 0 Å². The minimum Gasteiger partial charge on any atom is -0.459 e. The van der Waals surface area contributed by atoms with Gasteiger partial charge < -0.3 is 18.9 Å². The number of ether oxygens (including phenoxy) is 4. The first kappa shape index (κ1) is 23.2. The molecule has 0 spiro atoms. The van der Waals surface area contributed by atoms with Gasteiger partial charge in [-0.2, -0.15) is 0 Å². The van der Waals surface area contributed by atoms with Crippen LogP contribution in [0, 0.1) is 0 Å². The van der Waals surface area contributed by atoms with E-state index in [0.717, 1.165) is 0 Å². The summed E-state index contributed by atoms with van der Waals surface area (Å²) in [4.78, 5) is 37.9. The molecule has 0 amide bonds. The third-order valence-electron chi connectivity index (χ3n) is 5.44. The first-order chi connectivity index (χ1) is 16.5. The molecule has 3 aromatic rings. The number of esters is 3. The van der Waals surface area contributed by atoms with E-state index in [0.29, 0.717) is 16.7 Å². The summed E-state index contributed by atoms with van der Waals surface area (Å²) in [6, 6.07) is 25.5. The van der Waals surface area contributed by atoms with Crippen LogP contribution in [0.1, 0.15) is 38.0 Å². The van der Waals surface area contributed by atoms with Crippen molar-refractivity contribution < 1.29 is 33.3 Å². The lowest BCUT2D eigenvalue weighted by Crippen LogP contribution is -2.41. The molecule has 7 nitrogen and oxygen atoms in total. The van der Waals surface area contributed by atoms with E-state index in [4.69, 9.17) is 18.9 Å². The van der Waals surface area contributed by atoms with Crippen LogP contribution in [0.5, 0.6) is 0 Å². The van der Waals surface area contributed by atoms with Crippen LogP contribution in [0.3, 0.4) is 0 Å². The standard InChI is InChI=1S/C27H24O7/c1-18-23(33-26(29)20-13-7-3-8-14-20)24(34-27(30)21-15-9-4-10-16-21)22(32-18)17-31-25(28)19-11-5-2-6-12-19/h2-16,18,22-24H,17H2,1H3. The van der Waals surface area contributed by atoms with Gasteiger partial charge in [-0.25, -0.2) is 14.4 Å². The molecule has 1 fully saturated rings. The zero-order chi connectivity index (χ0) is 23.9. The van der Waals surface area contributed by atoms with E-state index in [1.165, 1.54) is 0 Å². The molecule has 0 N–H and O–H groups in total. The molecule has 1 heterocycles. The van der Waals surface area contributed by atoms with Gasteiger partial charge in [-0.1, -0.05) is 54.6 Å². The van der Waals surface area contributed by atoms with Crippen molar-refractivity contribution in [2.45, 2.75) is 31.3 Å². The second kappa shape index (κ2) is 10.8. The van der Waals surface area contributed by atoms with Crippen molar-refractivity contribution >= 4 is 17.9 Å². The van der Waals surface area contributed by atoms with E-state index in [9.17, 15) is 14.4 Å². The van der Waals surface area contributed by atoms with Gasteiger partial charge in [0.15, 0.2) is 12.2 Å². The minimum absolute atomic E-state index is 0.176. The highest BCUT2D eigenvalue weighted by Crippen LogP contribution is 2.29. The zero-order valence-corrected chi connectivity index (χ0v) is 18.5. The Labute approximate surface area is 197 Å². The van der Waals surface area contributed by atoms with Crippen LogP contribution >= 0.6 is 0 Å². The molecular weight excluding hydrogens is 436 g/mol. The van der Waals surface area contributed by atoms with E-state index in [1.54, 1.807) is 97.9 Å². The smallest absolute Gasteiger partial charge is 0.338 e. The van der Waals surface area contributed by atoms with Crippen molar-refractivity contribution in [2.75, 3.05) is 6.61 Å². The number of benzene rings is 3. The van der Waals surface area contributed by atoms with Gasteiger partial charge in [0.05, 0.1) is 22.8 Å². The molecule has 0 aromatic heterocycles. The van der Waals surface area contributed by atoms with Crippen molar-refractivity contribution in [3.8, 4) is 0 Å². The predicted molar refractivity (Wildman–Crippen MR) is 122 cm³/mol. The Morgan fingerprint density at radius 1 is 0.647 bits per heavy atom. The maximum Gasteiger partial charge on any atom is 0.338 e. The predicted octanol–water partition coefficient (Wildman–Crippen LogP) is 4.08. The lowest BCUT2D eigenvalue weighted by atomic mass is 10.1. The Balaban J connectivity index is 1.51. The topological polar surface area (TPSA) is 88.1 Å². The summed E-state index contributed by atoms with van der Waals surface area (Å²) in [5.41, 5.74) is 1.09. The SMILES string of the molecule is CC1OC(COC(=O)c2ccccc2)C(OC(=O)c2ccccc2)C1OC(=O)c1ccccc1. The van der Waals surface area contributed by atoms with Gasteiger partial charge in [-0.15, -0.1) is 0 Å². The molecule has 0 saturated carbocycles. The molecule has 7 heteroatoms. The summed E-state index contributed by atoms with van der Waals surface area (Å²) < 4.78 is 22.8. The van der Waals surface area contributed by atoms with E-state index in [-0.39, 0.29) is 6.61 Å². The van der Waals surface area contributed by atoms with Gasteiger partial charge in [-0.05, 0) is 43.3 Å². The van der Waals surface area contributed by atoms with Crippen molar-refractivity contribution in [3.63, 3.8) is 0 Å². The molecule has 1 aliphatic rings. The lowest BCUT2D eigenvalue weighted by molar-refractivity contribution is -0.0442. The Morgan fingerprint density at radius 2 is 1.06 bits per heavy atom. The monoisotopic (exact) mass is 460 g/mol. The number of hydrogen-bond donors (Lipinski definition) is 0. The molecule has 34 heavy (non-hydrogen) atoms. The molecule has 1 saturated heterocycles. The molecule has 4 atom stereocenters. The summed E-state index contributed by atoms with van der Waals surface area (Å²) in [6.45, 7) is 1.54. The molecule has 4 rings (SSSR count). The lowest BCUT2D eigenvalue weighted by Gasteiger charge is -2.24. The maximum atomic E-state index is 12.8. The second-order valence-electron chi connectivity index (χ2n) is 7.82. The van der Waals surface area contributed by atoms with Crippen molar-refractivity contribution in [2.24, 2.45) is 0 Å². The van der Waals surface area contributed by atoms with Crippen LogP contribution in [-0.2, 0) is 18.9 Å². The fourth-order valence-corrected chi connectivity index (χ4v) is 3.70. The van der Waals surface area contributed by atoms with Gasteiger partial charge in [0.25, 0.3) is 0 Å². The van der Waals surface area contributed by atoms with Crippen LogP contribution in [0.15, 0.2) is 91.0 Å². The molecule has 1 aliphatic heterocycles. The van der Waals surface area contributed by atoms with Crippen molar-refractivity contribution in [1.29, 1.82) is 0 Å². The highest BCUT2D eigenvalue weighted by molar-refractivity contribution is 5.91. The van der Waals surface area contributed by atoms with Crippen LogP contribution in [-0.4, -0.2) is 48.9 Å². The summed E-state index contributed by atoms with van der Waals surface area (Å²) in [7, 11) is 0. The second-order valence-corrected chi connectivity index (χ2v) is 7.82. The maximum absolute atomic E-state index is 12.8. The van der Waals surface area contributed by atoms with Gasteiger partial charge in [0, 0.05) is 0 Å². The first-order valence-corrected chi connectivity index (χ1v) is 10.9. The van der Waals surface area contributed by atoms with Crippen LogP contribution in [0.4, 0.5) is 0 Å². The highest BCUT2D eigenvalue weighted by Gasteiger charge is 2.48. The van der Waals surface area contributed by atoms with Crippen LogP contribution in [0.2, 0.25) is 0 Å².